The molecule has 0 unspecified atom stereocenters. The van der Waals surface area contributed by atoms with Crippen LogP contribution in [-0.4, -0.2) is 39.4 Å². The number of aromatic nitrogens is 1. The summed E-state index contributed by atoms with van der Waals surface area (Å²) in [7, 11) is 0. The zero-order valence-corrected chi connectivity index (χ0v) is 12.0. The largest absolute Gasteiger partial charge is 0.370 e. The number of pyridine rings is 1. The number of ether oxygens (including phenoxy) is 1. The summed E-state index contributed by atoms with van der Waals surface area (Å²) in [6.45, 7) is 8.35. The highest BCUT2D eigenvalue weighted by atomic mass is 16.5. The molecule has 3 N–H and O–H groups in total. The molecule has 0 atom stereocenters. The Morgan fingerprint density at radius 2 is 2.05 bits per heavy atom. The quantitative estimate of drug-likeness (QED) is 0.840. The van der Waals surface area contributed by atoms with Gasteiger partial charge in [0.2, 0.25) is 0 Å². The van der Waals surface area contributed by atoms with Crippen molar-refractivity contribution < 1.29 is 14.6 Å². The molecule has 4 heteroatoms. The number of morpholine rings is 1. The molecule has 1 saturated heterocycles. The maximum absolute atomic E-state index is 5.38. The van der Waals surface area contributed by atoms with Gasteiger partial charge in [0.15, 0.2) is 0 Å². The molecule has 106 valence electrons. The van der Waals surface area contributed by atoms with Crippen LogP contribution in [0.4, 0.5) is 5.82 Å². The second kappa shape index (κ2) is 6.20. The molecule has 3 rings (SSSR count). The Labute approximate surface area is 119 Å². The van der Waals surface area contributed by atoms with Crippen molar-refractivity contribution in [2.45, 2.75) is 6.92 Å². The third-order valence-electron chi connectivity index (χ3n) is 3.98. The number of hydrogen-bond donors (Lipinski definition) is 2. The van der Waals surface area contributed by atoms with Gasteiger partial charge in [-0.25, -0.2) is 4.98 Å². The van der Waals surface area contributed by atoms with Gasteiger partial charge in [0.05, 0.1) is 13.2 Å². The number of benzene rings is 1. The Morgan fingerprint density at radius 3 is 2.90 bits per heavy atom. The maximum atomic E-state index is 5.38. The van der Waals surface area contributed by atoms with Gasteiger partial charge >= 0.3 is 0 Å². The van der Waals surface area contributed by atoms with Crippen molar-refractivity contribution in [1.29, 1.82) is 0 Å². The second-order valence-electron chi connectivity index (χ2n) is 5.45. The van der Waals surface area contributed by atoms with E-state index in [1.807, 2.05) is 0 Å². The minimum absolute atomic E-state index is 0.899. The van der Waals surface area contributed by atoms with E-state index in [0.717, 1.165) is 45.2 Å². The molecule has 1 aromatic carbocycles. The summed E-state index contributed by atoms with van der Waals surface area (Å²) in [6.07, 6.45) is 0. The van der Waals surface area contributed by atoms with Crippen LogP contribution in [0, 0.1) is 6.92 Å². The van der Waals surface area contributed by atoms with E-state index >= 15 is 0 Å². The van der Waals surface area contributed by atoms with Crippen LogP contribution >= 0.6 is 0 Å². The van der Waals surface area contributed by atoms with E-state index in [4.69, 9.17) is 4.74 Å². The molecule has 0 radical (unpaired) electrons. The summed E-state index contributed by atoms with van der Waals surface area (Å²) in [5.41, 5.74) is 2.49. The normalized spacial score (nSPS) is 16.4. The van der Waals surface area contributed by atoms with E-state index in [2.05, 4.69) is 47.6 Å². The van der Waals surface area contributed by atoms with Crippen molar-refractivity contribution >= 4 is 16.7 Å². The number of aryl methyl sites for hydroxylation is 1. The third-order valence-corrected chi connectivity index (χ3v) is 3.98. The molecule has 4 nitrogen and oxygen atoms in total. The van der Waals surface area contributed by atoms with Crippen LogP contribution in [0.15, 0.2) is 30.3 Å². The number of hydrogen-bond acceptors (Lipinski definition) is 2. The summed E-state index contributed by atoms with van der Waals surface area (Å²) < 4.78 is 5.38. The summed E-state index contributed by atoms with van der Waals surface area (Å²) in [6, 6.07) is 10.6. The van der Waals surface area contributed by atoms with Crippen molar-refractivity contribution in [3.8, 4) is 0 Å². The minimum atomic E-state index is 0.899. The highest BCUT2D eigenvalue weighted by molar-refractivity contribution is 5.79. The SMILES string of the molecule is Cc1cc(NCC[NH+]2CCOCC2)[nH+]c2ccccc12. The number of fused-ring (bicyclic) bond motifs is 1. The van der Waals surface area contributed by atoms with Crippen LogP contribution < -0.4 is 15.2 Å². The lowest BCUT2D eigenvalue weighted by atomic mass is 10.1. The van der Waals surface area contributed by atoms with Gasteiger partial charge in [0.1, 0.15) is 31.7 Å². The van der Waals surface area contributed by atoms with Gasteiger partial charge in [0.25, 0.3) is 5.82 Å². The number of rotatable bonds is 4. The Kier molecular flexibility index (Phi) is 4.14. The van der Waals surface area contributed by atoms with Gasteiger partial charge in [-0.1, -0.05) is 18.2 Å². The van der Waals surface area contributed by atoms with Crippen molar-refractivity contribution in [1.82, 2.24) is 0 Å². The first-order chi connectivity index (χ1) is 9.83. The molecule has 2 heterocycles. The smallest absolute Gasteiger partial charge is 0.273 e. The molecular weight excluding hydrogens is 250 g/mol. The van der Waals surface area contributed by atoms with E-state index in [9.17, 15) is 0 Å². The number of para-hydroxylation sites is 1. The van der Waals surface area contributed by atoms with Gasteiger partial charge in [-0.15, -0.1) is 0 Å². The number of nitrogens with one attached hydrogen (secondary N) is 3. The van der Waals surface area contributed by atoms with Crippen molar-refractivity contribution in [2.24, 2.45) is 0 Å². The molecule has 1 aliphatic heterocycles. The first-order valence-corrected chi connectivity index (χ1v) is 7.40. The number of anilines is 1. The average Bonchev–Trinajstić information content (AvgIpc) is 2.48. The lowest BCUT2D eigenvalue weighted by molar-refractivity contribution is -0.906. The van der Waals surface area contributed by atoms with Crippen molar-refractivity contribution in [3.63, 3.8) is 0 Å². The number of quaternary nitrogens is 1. The number of H-pyrrole nitrogens is 1. The van der Waals surface area contributed by atoms with Gasteiger partial charge in [-0.2, -0.15) is 0 Å². The van der Waals surface area contributed by atoms with Crippen LogP contribution in [0.25, 0.3) is 10.9 Å². The molecule has 1 aromatic heterocycles. The molecule has 0 amide bonds. The fourth-order valence-corrected chi connectivity index (χ4v) is 2.79. The predicted octanol–water partition coefficient (Wildman–Crippen LogP) is 0.289. The lowest BCUT2D eigenvalue weighted by Gasteiger charge is -2.22. The Morgan fingerprint density at radius 1 is 1.25 bits per heavy atom. The molecule has 0 bridgehead atoms. The first-order valence-electron chi connectivity index (χ1n) is 7.40. The van der Waals surface area contributed by atoms with Crippen LogP contribution in [0.5, 0.6) is 0 Å². The average molecular weight is 273 g/mol. The molecule has 0 saturated carbocycles. The standard InChI is InChI=1S/C16H21N3O/c1-13-12-16(18-15-5-3-2-4-14(13)15)17-6-7-19-8-10-20-11-9-19/h2-5,12H,6-11H2,1H3,(H,17,18)/p+2. The Balaban J connectivity index is 1.62. The van der Waals surface area contributed by atoms with E-state index < -0.39 is 0 Å². The Hall–Kier alpha value is -1.65. The first kappa shape index (κ1) is 13.3. The molecule has 0 aliphatic carbocycles. The minimum Gasteiger partial charge on any atom is -0.370 e. The van der Waals surface area contributed by atoms with Gasteiger partial charge in [-0.3, -0.25) is 5.32 Å². The zero-order chi connectivity index (χ0) is 13.8. The summed E-state index contributed by atoms with van der Waals surface area (Å²) in [5, 5.41) is 4.80. The van der Waals surface area contributed by atoms with E-state index in [1.165, 1.54) is 16.5 Å². The lowest BCUT2D eigenvalue weighted by Crippen LogP contribution is -3.14. The molecule has 0 spiro atoms. The van der Waals surface area contributed by atoms with Gasteiger partial charge in [-0.05, 0) is 18.6 Å². The fourth-order valence-electron chi connectivity index (χ4n) is 2.79. The monoisotopic (exact) mass is 273 g/mol. The van der Waals surface area contributed by atoms with E-state index in [0.29, 0.717) is 0 Å². The fraction of sp³-hybridized carbons (Fsp3) is 0.438. The highest BCUT2D eigenvalue weighted by Gasteiger charge is 2.14. The van der Waals surface area contributed by atoms with Gasteiger partial charge < -0.3 is 9.64 Å². The molecule has 20 heavy (non-hydrogen) atoms. The molecule has 2 aromatic rings. The maximum Gasteiger partial charge on any atom is 0.273 e. The summed E-state index contributed by atoms with van der Waals surface area (Å²) in [4.78, 5) is 5.09. The second-order valence-corrected chi connectivity index (χ2v) is 5.45. The topological polar surface area (TPSA) is 39.8 Å². The van der Waals surface area contributed by atoms with Crippen molar-refractivity contribution in [2.75, 3.05) is 44.7 Å². The highest BCUT2D eigenvalue weighted by Crippen LogP contribution is 2.15. The van der Waals surface area contributed by atoms with Crippen LogP contribution in [0.2, 0.25) is 0 Å². The van der Waals surface area contributed by atoms with Gasteiger partial charge in [0, 0.05) is 11.5 Å². The summed E-state index contributed by atoms with van der Waals surface area (Å²) >= 11 is 0. The molecule has 1 fully saturated rings. The third kappa shape index (κ3) is 3.08. The van der Waals surface area contributed by atoms with Crippen molar-refractivity contribution in [3.05, 3.63) is 35.9 Å². The molecular formula is C16H23N3O+2. The van der Waals surface area contributed by atoms with E-state index in [-0.39, 0.29) is 0 Å². The predicted molar refractivity (Wildman–Crippen MR) is 80.1 cm³/mol. The molecule has 1 aliphatic rings. The number of aromatic amines is 1. The van der Waals surface area contributed by atoms with Crippen LogP contribution in [-0.2, 0) is 4.74 Å². The van der Waals surface area contributed by atoms with E-state index in [1.54, 1.807) is 4.90 Å². The zero-order valence-electron chi connectivity index (χ0n) is 12.0. The Bertz CT molecular complexity index is 579. The summed E-state index contributed by atoms with van der Waals surface area (Å²) in [5.74, 6) is 1.11. The van der Waals surface area contributed by atoms with Crippen LogP contribution in [0.1, 0.15) is 5.56 Å². The van der Waals surface area contributed by atoms with Crippen LogP contribution in [0.3, 0.4) is 0 Å².